The molecule has 0 unspecified atom stereocenters. The molecule has 1 aromatic rings. The van der Waals surface area contributed by atoms with Crippen LogP contribution >= 0.6 is 47.0 Å². The first kappa shape index (κ1) is 8.00. The van der Waals surface area contributed by atoms with Gasteiger partial charge in [-0.25, -0.2) is 4.57 Å². The summed E-state index contributed by atoms with van der Waals surface area (Å²) >= 11 is 14.7. The van der Waals surface area contributed by atoms with Gasteiger partial charge in [0.2, 0.25) is 0 Å². The second kappa shape index (κ2) is 8.42. The Hall–Kier alpha value is -0.0300. The van der Waals surface area contributed by atoms with E-state index in [0.29, 0.717) is 0 Å². The van der Waals surface area contributed by atoms with Crippen LogP contribution in [0.5, 0.6) is 0 Å². The highest BCUT2D eigenvalue weighted by Crippen LogP contribution is 2.53. The van der Waals surface area contributed by atoms with E-state index in [0.717, 1.165) is 4.99 Å². The largest absolute Gasteiger partial charge is 0.530 e. The van der Waals surface area contributed by atoms with Gasteiger partial charge in [-0.05, 0) is 31.9 Å². The average molecular weight is 414 g/mol. The van der Waals surface area contributed by atoms with Gasteiger partial charge in [0.25, 0.3) is 0 Å². The maximum absolute atomic E-state index is 13.1. The van der Waals surface area contributed by atoms with Crippen LogP contribution in [0.15, 0.2) is 23.2 Å². The normalized spacial score (nSPS) is 22.6. The van der Waals surface area contributed by atoms with Crippen molar-refractivity contribution in [3.8, 4) is 0 Å². The molecule has 0 heterocycles. The van der Waals surface area contributed by atoms with Gasteiger partial charge in [0.15, 0.2) is 0 Å². The summed E-state index contributed by atoms with van der Waals surface area (Å²) in [6.07, 6.45) is 0. The minimum Gasteiger partial charge on any atom is -0.403 e. The van der Waals surface area contributed by atoms with Gasteiger partial charge in [0.1, 0.15) is 5.76 Å². The molecule has 8 heteroatoms. The summed E-state index contributed by atoms with van der Waals surface area (Å²) < 4.78 is 99.7. The molecule has 0 aliphatic carbocycles. The van der Waals surface area contributed by atoms with Gasteiger partial charge in [-0.1, -0.05) is 39.1 Å². The molecule has 0 bridgehead atoms. The predicted octanol–water partition coefficient (Wildman–Crippen LogP) is 5.88. The van der Waals surface area contributed by atoms with Crippen molar-refractivity contribution >= 4 is 52.7 Å². The molecular formula is C12H14BrCl2O4P. The molecule has 0 aliphatic rings. The number of hydrogen-bond donors (Lipinski definition) is 0. The summed E-state index contributed by atoms with van der Waals surface area (Å²) in [7, 11) is -5.59. The summed E-state index contributed by atoms with van der Waals surface area (Å²) in [5, 5.41) is 0.156. The lowest BCUT2D eigenvalue weighted by molar-refractivity contribution is 0.159. The zero-order chi connectivity index (χ0) is 23.8. The van der Waals surface area contributed by atoms with Crippen LogP contribution < -0.4 is 0 Å². The van der Waals surface area contributed by atoms with Crippen LogP contribution in [-0.4, -0.2) is 13.1 Å². The maximum Gasteiger partial charge on any atom is 0.530 e. The molecule has 0 N–H and O–H groups in total. The average Bonchev–Trinajstić information content (AvgIpc) is 2.49. The molecule has 112 valence electrons. The lowest BCUT2D eigenvalue weighted by atomic mass is 10.2. The number of benzene rings is 1. The fourth-order valence-corrected chi connectivity index (χ4v) is 2.82. The highest BCUT2D eigenvalue weighted by atomic mass is 79.9. The molecule has 4 nitrogen and oxygen atoms in total. The SMILES string of the molecule is [2H]C([2H])([2H])C([2H])([2H])OP(=O)(O/C(=C/Br)c1ccc(Cl)cc1Cl)OC([2H])([2H])C([2H])([2H])[2H]. The van der Waals surface area contributed by atoms with Crippen LogP contribution in [0.2, 0.25) is 10.0 Å². The van der Waals surface area contributed by atoms with Gasteiger partial charge in [0.05, 0.1) is 23.6 Å². The first-order valence-electron chi connectivity index (χ1n) is 9.72. The van der Waals surface area contributed by atoms with E-state index >= 15 is 0 Å². The van der Waals surface area contributed by atoms with E-state index < -0.39 is 40.4 Å². The van der Waals surface area contributed by atoms with Crippen LogP contribution in [-0.2, 0) is 18.1 Å². The lowest BCUT2D eigenvalue weighted by Gasteiger charge is -2.19. The minimum atomic E-state index is -5.59. The second-order valence-corrected chi connectivity index (χ2v) is 5.77. The second-order valence-electron chi connectivity index (χ2n) is 3.02. The van der Waals surface area contributed by atoms with Crippen LogP contribution in [0.4, 0.5) is 0 Å². The summed E-state index contributed by atoms with van der Waals surface area (Å²) in [6, 6.07) is 3.88. The molecule has 1 rings (SSSR count). The molecule has 0 aliphatic heterocycles. The van der Waals surface area contributed by atoms with E-state index in [4.69, 9.17) is 41.4 Å². The highest BCUT2D eigenvalue weighted by molar-refractivity contribution is 9.11. The third-order valence-electron chi connectivity index (χ3n) is 1.82. The standard InChI is InChI=1S/C12H14BrCl2O4P/c1-3-17-20(16,18-4-2)19-12(8-13)10-6-5-9(14)7-11(10)15/h5-8H,3-4H2,1-2H3/b12-8+/i1D3,2D3,3D2,4D2. The lowest BCUT2D eigenvalue weighted by Crippen LogP contribution is -2.00. The zero-order valence-electron chi connectivity index (χ0n) is 19.5. The predicted molar refractivity (Wildman–Crippen MR) is 85.3 cm³/mol. The van der Waals surface area contributed by atoms with Crippen LogP contribution in [0.25, 0.3) is 5.76 Å². The molecule has 0 saturated heterocycles. The Morgan fingerprint density at radius 2 is 2.10 bits per heavy atom. The number of rotatable bonds is 7. The first-order valence-corrected chi connectivity index (χ1v) is 7.85. The van der Waals surface area contributed by atoms with Crippen LogP contribution in [0.1, 0.15) is 33.0 Å². The molecule has 0 saturated carbocycles. The zero-order valence-corrected chi connectivity index (χ0v) is 13.5. The third kappa shape index (κ3) is 5.06. The van der Waals surface area contributed by atoms with E-state index in [1.807, 2.05) is 0 Å². The van der Waals surface area contributed by atoms with Crippen LogP contribution in [0, 0.1) is 0 Å². The van der Waals surface area contributed by atoms with Crippen molar-refractivity contribution in [3.05, 3.63) is 38.8 Å². The molecule has 0 atom stereocenters. The molecule has 0 fully saturated rings. The molecule has 0 spiro atoms. The highest BCUT2D eigenvalue weighted by Gasteiger charge is 2.29. The number of hydrogen-bond acceptors (Lipinski definition) is 4. The van der Waals surface area contributed by atoms with Gasteiger partial charge in [0, 0.05) is 23.8 Å². The van der Waals surface area contributed by atoms with E-state index in [1.165, 1.54) is 18.2 Å². The van der Waals surface area contributed by atoms with Crippen molar-refractivity contribution in [1.29, 1.82) is 0 Å². The molecule has 1 aromatic carbocycles. The summed E-state index contributed by atoms with van der Waals surface area (Å²) in [4.78, 5) is 0.970. The molecular weight excluding hydrogens is 390 g/mol. The first-order chi connectivity index (χ1) is 13.2. The van der Waals surface area contributed by atoms with Gasteiger partial charge in [-0.15, -0.1) is 0 Å². The molecule has 0 radical (unpaired) electrons. The number of halogens is 3. The third-order valence-corrected chi connectivity index (χ3v) is 3.83. The summed E-state index contributed by atoms with van der Waals surface area (Å²) in [5.41, 5.74) is -0.0192. The Bertz CT molecular complexity index is 826. The Balaban J connectivity index is 3.47. The quantitative estimate of drug-likeness (QED) is 0.413. The number of phosphoric ester groups is 1. The van der Waals surface area contributed by atoms with Crippen molar-refractivity contribution in [2.45, 2.75) is 13.7 Å². The molecule has 0 amide bonds. The Morgan fingerprint density at radius 3 is 2.60 bits per heavy atom. The molecule has 20 heavy (non-hydrogen) atoms. The Morgan fingerprint density at radius 1 is 1.45 bits per heavy atom. The van der Waals surface area contributed by atoms with Gasteiger partial charge in [-0.2, -0.15) is 0 Å². The Labute approximate surface area is 150 Å². The molecule has 0 aromatic heterocycles. The maximum atomic E-state index is 13.1. The summed E-state index contributed by atoms with van der Waals surface area (Å²) in [5.74, 6) is -0.484. The number of phosphoric acid groups is 1. The fraction of sp³-hybridized carbons (Fsp3) is 0.333. The van der Waals surface area contributed by atoms with Gasteiger partial charge >= 0.3 is 7.82 Å². The van der Waals surface area contributed by atoms with Crippen molar-refractivity contribution in [2.24, 2.45) is 0 Å². The van der Waals surface area contributed by atoms with Crippen LogP contribution in [0.3, 0.4) is 0 Å². The van der Waals surface area contributed by atoms with E-state index in [1.54, 1.807) is 0 Å². The summed E-state index contributed by atoms with van der Waals surface area (Å²) in [6.45, 7) is -14.4. The minimum absolute atomic E-state index is 0.0192. The Kier molecular flexibility index (Phi) is 3.37. The van der Waals surface area contributed by atoms with Gasteiger partial charge < -0.3 is 4.52 Å². The van der Waals surface area contributed by atoms with Crippen molar-refractivity contribution in [2.75, 3.05) is 13.1 Å². The van der Waals surface area contributed by atoms with Crippen molar-refractivity contribution < 1.29 is 31.8 Å². The monoisotopic (exact) mass is 412 g/mol. The van der Waals surface area contributed by atoms with E-state index in [2.05, 4.69) is 25.0 Å². The smallest absolute Gasteiger partial charge is 0.403 e. The topological polar surface area (TPSA) is 44.8 Å². The van der Waals surface area contributed by atoms with E-state index in [-0.39, 0.29) is 15.6 Å². The van der Waals surface area contributed by atoms with Crippen molar-refractivity contribution in [3.63, 3.8) is 0 Å². The van der Waals surface area contributed by atoms with Gasteiger partial charge in [-0.3, -0.25) is 9.05 Å². The van der Waals surface area contributed by atoms with E-state index in [9.17, 15) is 4.57 Å². The van der Waals surface area contributed by atoms with Crippen molar-refractivity contribution in [1.82, 2.24) is 0 Å². The fourth-order valence-electron chi connectivity index (χ4n) is 1.11.